The van der Waals surface area contributed by atoms with Crippen molar-refractivity contribution in [3.63, 3.8) is 0 Å². The molecule has 2 N–H and O–H groups in total. The van der Waals surface area contributed by atoms with Gasteiger partial charge in [-0.15, -0.1) is 0 Å². The van der Waals surface area contributed by atoms with Crippen LogP contribution in [-0.2, 0) is 0 Å². The second kappa shape index (κ2) is 4.32. The third kappa shape index (κ3) is 2.36. The van der Waals surface area contributed by atoms with Crippen LogP contribution in [-0.4, -0.2) is 21.9 Å². The number of rotatable bonds is 1. The number of aryl methyl sites for hydroxylation is 1. The molecule has 3 heteroatoms. The predicted octanol–water partition coefficient (Wildman–Crippen LogP) is 2.89. The largest absolute Gasteiger partial charge is 0.508 e. The molecule has 98 valence electrons. The van der Waals surface area contributed by atoms with Crippen LogP contribution in [0.1, 0.15) is 37.8 Å². The summed E-state index contributed by atoms with van der Waals surface area (Å²) in [6.45, 7) is 7.33. The van der Waals surface area contributed by atoms with Crippen molar-refractivity contribution in [3.05, 3.63) is 35.4 Å². The molecule has 1 aromatic rings. The molecule has 0 spiro atoms. The number of aliphatic hydroxyl groups is 1. The van der Waals surface area contributed by atoms with E-state index in [0.29, 0.717) is 0 Å². The lowest BCUT2D eigenvalue weighted by Crippen LogP contribution is -2.38. The fraction of sp³-hybridized carbons (Fsp3) is 0.467. The van der Waals surface area contributed by atoms with E-state index in [2.05, 4.69) is 0 Å². The Morgan fingerprint density at radius 1 is 1.22 bits per heavy atom. The van der Waals surface area contributed by atoms with Crippen molar-refractivity contribution in [2.75, 3.05) is 0 Å². The Kier molecular flexibility index (Phi) is 3.11. The van der Waals surface area contributed by atoms with Gasteiger partial charge in [-0.2, -0.15) is 0 Å². The van der Waals surface area contributed by atoms with Gasteiger partial charge in [0, 0.05) is 11.5 Å². The van der Waals surface area contributed by atoms with E-state index in [-0.39, 0.29) is 17.8 Å². The maximum Gasteiger partial charge on any atom is 0.145 e. The van der Waals surface area contributed by atoms with Crippen LogP contribution in [0.5, 0.6) is 11.5 Å². The summed E-state index contributed by atoms with van der Waals surface area (Å²) in [5.74, 6) is 1.16. The first kappa shape index (κ1) is 13.0. The van der Waals surface area contributed by atoms with Crippen LogP contribution in [0, 0.1) is 6.92 Å². The van der Waals surface area contributed by atoms with Gasteiger partial charge >= 0.3 is 0 Å². The smallest absolute Gasteiger partial charge is 0.145 e. The molecular weight excluding hydrogens is 228 g/mol. The summed E-state index contributed by atoms with van der Waals surface area (Å²) in [6, 6.07) is 3.57. The molecule has 1 aliphatic rings. The Morgan fingerprint density at radius 3 is 2.50 bits per heavy atom. The minimum Gasteiger partial charge on any atom is -0.508 e. The van der Waals surface area contributed by atoms with Crippen LogP contribution in [0.25, 0.3) is 0 Å². The van der Waals surface area contributed by atoms with Crippen LogP contribution < -0.4 is 4.74 Å². The summed E-state index contributed by atoms with van der Waals surface area (Å²) in [4.78, 5) is 0. The first-order valence-electron chi connectivity index (χ1n) is 6.20. The number of phenolic OH excluding ortho intramolecular Hbond substituents is 1. The third-order valence-electron chi connectivity index (χ3n) is 3.34. The van der Waals surface area contributed by atoms with Gasteiger partial charge in [-0.25, -0.2) is 0 Å². The van der Waals surface area contributed by atoms with E-state index in [9.17, 15) is 10.2 Å². The monoisotopic (exact) mass is 248 g/mol. The summed E-state index contributed by atoms with van der Waals surface area (Å²) in [6.07, 6.45) is 3.51. The molecule has 0 aromatic heterocycles. The van der Waals surface area contributed by atoms with E-state index >= 15 is 0 Å². The SMILES string of the molecule is Cc1cc2c(cc1O)C(C)C=CC(C(C)(C)O)O2. The van der Waals surface area contributed by atoms with Gasteiger partial charge in [0.25, 0.3) is 0 Å². The van der Waals surface area contributed by atoms with Crippen LogP contribution in [0.4, 0.5) is 0 Å². The van der Waals surface area contributed by atoms with Gasteiger partial charge in [0.15, 0.2) is 0 Å². The normalized spacial score (nSPS) is 23.2. The van der Waals surface area contributed by atoms with Gasteiger partial charge in [0.1, 0.15) is 17.6 Å². The van der Waals surface area contributed by atoms with Crippen molar-refractivity contribution < 1.29 is 14.9 Å². The maximum absolute atomic E-state index is 10.1. The number of ether oxygens (including phenoxy) is 1. The molecule has 0 saturated heterocycles. The average molecular weight is 248 g/mol. The lowest BCUT2D eigenvalue weighted by Gasteiger charge is -2.27. The zero-order chi connectivity index (χ0) is 13.5. The topological polar surface area (TPSA) is 49.7 Å². The number of hydrogen-bond donors (Lipinski definition) is 2. The minimum atomic E-state index is -0.941. The molecule has 1 aliphatic heterocycles. The Morgan fingerprint density at radius 2 is 1.89 bits per heavy atom. The lowest BCUT2D eigenvalue weighted by atomic mass is 9.97. The van der Waals surface area contributed by atoms with Crippen molar-refractivity contribution in [2.24, 2.45) is 0 Å². The highest BCUT2D eigenvalue weighted by atomic mass is 16.5. The first-order chi connectivity index (χ1) is 8.29. The van der Waals surface area contributed by atoms with Crippen molar-refractivity contribution >= 4 is 0 Å². The van der Waals surface area contributed by atoms with Gasteiger partial charge in [-0.3, -0.25) is 0 Å². The number of aromatic hydroxyl groups is 1. The molecule has 2 unspecified atom stereocenters. The second-order valence-corrected chi connectivity index (χ2v) is 5.54. The van der Waals surface area contributed by atoms with E-state index in [1.54, 1.807) is 19.9 Å². The van der Waals surface area contributed by atoms with Crippen LogP contribution in [0.2, 0.25) is 0 Å². The number of benzene rings is 1. The van der Waals surface area contributed by atoms with Gasteiger partial charge < -0.3 is 14.9 Å². The van der Waals surface area contributed by atoms with Crippen molar-refractivity contribution in [1.29, 1.82) is 0 Å². The molecule has 0 aliphatic carbocycles. The standard InChI is InChI=1S/C15H20O3/c1-9-5-6-14(15(3,4)17)18-13-7-10(2)12(16)8-11(9)13/h5-9,14,16-17H,1-4H3. The molecule has 3 nitrogen and oxygen atoms in total. The van der Waals surface area contributed by atoms with Crippen molar-refractivity contribution in [2.45, 2.75) is 45.3 Å². The van der Waals surface area contributed by atoms with Gasteiger partial charge in [-0.1, -0.05) is 13.0 Å². The highest BCUT2D eigenvalue weighted by Crippen LogP contribution is 2.37. The van der Waals surface area contributed by atoms with Gasteiger partial charge in [-0.05, 0) is 44.5 Å². The maximum atomic E-state index is 10.1. The van der Waals surface area contributed by atoms with Crippen molar-refractivity contribution in [3.8, 4) is 11.5 Å². The van der Waals surface area contributed by atoms with Crippen molar-refractivity contribution in [1.82, 2.24) is 0 Å². The molecule has 0 radical (unpaired) electrons. The molecule has 0 saturated carbocycles. The number of hydrogen-bond acceptors (Lipinski definition) is 3. The summed E-state index contributed by atoms with van der Waals surface area (Å²) in [7, 11) is 0. The lowest BCUT2D eigenvalue weighted by molar-refractivity contribution is -0.00963. The van der Waals surface area contributed by atoms with Crippen LogP contribution in [0.3, 0.4) is 0 Å². The van der Waals surface area contributed by atoms with Crippen LogP contribution >= 0.6 is 0 Å². The fourth-order valence-electron chi connectivity index (χ4n) is 2.07. The molecule has 0 fully saturated rings. The first-order valence-corrected chi connectivity index (χ1v) is 6.20. The van der Waals surface area contributed by atoms with E-state index in [1.165, 1.54) is 0 Å². The summed E-state index contributed by atoms with van der Waals surface area (Å²) >= 11 is 0. The van der Waals surface area contributed by atoms with Gasteiger partial charge in [0.05, 0.1) is 5.60 Å². The molecule has 0 bridgehead atoms. The number of phenols is 1. The molecule has 0 amide bonds. The number of allylic oxidation sites excluding steroid dienone is 1. The summed E-state index contributed by atoms with van der Waals surface area (Å²) < 4.78 is 5.88. The molecule has 2 rings (SSSR count). The zero-order valence-electron chi connectivity index (χ0n) is 11.3. The Hall–Kier alpha value is -1.48. The highest BCUT2D eigenvalue weighted by molar-refractivity contribution is 5.49. The molecule has 2 atom stereocenters. The second-order valence-electron chi connectivity index (χ2n) is 5.54. The average Bonchev–Trinajstić information content (AvgIpc) is 2.40. The van der Waals surface area contributed by atoms with E-state index < -0.39 is 5.60 Å². The summed E-state index contributed by atoms with van der Waals surface area (Å²) in [5.41, 5.74) is 0.780. The molecule has 1 heterocycles. The number of fused-ring (bicyclic) bond motifs is 1. The quantitative estimate of drug-likeness (QED) is 0.751. The zero-order valence-corrected chi connectivity index (χ0v) is 11.3. The Bertz CT molecular complexity index is 483. The summed E-state index contributed by atoms with van der Waals surface area (Å²) in [5, 5.41) is 19.9. The molecule has 1 aromatic carbocycles. The van der Waals surface area contributed by atoms with Gasteiger partial charge in [0.2, 0.25) is 0 Å². The van der Waals surface area contributed by atoms with Crippen LogP contribution in [0.15, 0.2) is 24.3 Å². The van der Waals surface area contributed by atoms with E-state index in [0.717, 1.165) is 16.9 Å². The third-order valence-corrected chi connectivity index (χ3v) is 3.34. The fourth-order valence-corrected chi connectivity index (χ4v) is 2.07. The Balaban J connectivity index is 2.48. The molecule has 18 heavy (non-hydrogen) atoms. The minimum absolute atomic E-state index is 0.152. The predicted molar refractivity (Wildman–Crippen MR) is 71.1 cm³/mol. The highest BCUT2D eigenvalue weighted by Gasteiger charge is 2.29. The van der Waals surface area contributed by atoms with E-state index in [1.807, 2.05) is 32.1 Å². The molecular formula is C15H20O3. The Labute approximate surface area is 108 Å². The van der Waals surface area contributed by atoms with E-state index in [4.69, 9.17) is 4.74 Å².